The summed E-state index contributed by atoms with van der Waals surface area (Å²) in [5.41, 5.74) is 0.523. The van der Waals surface area contributed by atoms with Gasteiger partial charge in [0.2, 0.25) is 0 Å². The number of anilines is 1. The molecule has 7 nitrogen and oxygen atoms in total. The summed E-state index contributed by atoms with van der Waals surface area (Å²) >= 11 is 0. The molecular formula is C20H23NO6. The molecular weight excluding hydrogens is 350 g/mol. The number of hydrogen-bond acceptors (Lipinski definition) is 6. The van der Waals surface area contributed by atoms with Crippen LogP contribution in [0.25, 0.3) is 0 Å². The van der Waals surface area contributed by atoms with Gasteiger partial charge in [0.15, 0.2) is 12.1 Å². The molecule has 0 atom stereocenters. The second kappa shape index (κ2) is 9.70. The zero-order valence-corrected chi connectivity index (χ0v) is 15.3. The highest BCUT2D eigenvalue weighted by Crippen LogP contribution is 2.26. The summed E-state index contributed by atoms with van der Waals surface area (Å²) in [5, 5.41) is 22.6. The second-order valence-corrected chi connectivity index (χ2v) is 5.63. The minimum Gasteiger partial charge on any atom is -0.507 e. The van der Waals surface area contributed by atoms with Crippen molar-refractivity contribution in [2.24, 2.45) is 0 Å². The third-order valence-electron chi connectivity index (χ3n) is 3.82. The fraction of sp³-hybridized carbons (Fsp3) is 0.300. The maximum Gasteiger partial charge on any atom is 0.336 e. The van der Waals surface area contributed by atoms with Crippen LogP contribution in [-0.2, 0) is 9.47 Å². The van der Waals surface area contributed by atoms with Gasteiger partial charge < -0.3 is 25.0 Å². The Kier molecular flexibility index (Phi) is 7.34. The lowest BCUT2D eigenvalue weighted by molar-refractivity contribution is -0.126. The van der Waals surface area contributed by atoms with E-state index in [2.05, 4.69) is 5.32 Å². The van der Waals surface area contributed by atoms with Crippen molar-refractivity contribution in [3.05, 3.63) is 59.2 Å². The highest BCUT2D eigenvalue weighted by atomic mass is 16.7. The van der Waals surface area contributed by atoms with E-state index in [9.17, 15) is 19.8 Å². The number of ether oxygens (including phenoxy) is 2. The van der Waals surface area contributed by atoms with E-state index < -0.39 is 18.0 Å². The van der Waals surface area contributed by atoms with Gasteiger partial charge in [-0.3, -0.25) is 4.79 Å². The number of aromatic hydroxyl groups is 1. The molecule has 0 bridgehead atoms. The Bertz CT molecular complexity index is 799. The Morgan fingerprint density at radius 3 is 2.19 bits per heavy atom. The zero-order chi connectivity index (χ0) is 19.8. The van der Waals surface area contributed by atoms with E-state index in [0.29, 0.717) is 25.4 Å². The molecule has 2 aromatic rings. The van der Waals surface area contributed by atoms with E-state index in [0.717, 1.165) is 0 Å². The van der Waals surface area contributed by atoms with Crippen molar-refractivity contribution >= 4 is 17.4 Å². The number of nitrogens with one attached hydrogen (secondary N) is 1. The summed E-state index contributed by atoms with van der Waals surface area (Å²) in [7, 11) is 0. The van der Waals surface area contributed by atoms with E-state index >= 15 is 0 Å². The number of aromatic carboxylic acids is 1. The molecule has 0 heterocycles. The van der Waals surface area contributed by atoms with Gasteiger partial charge in [0.1, 0.15) is 5.75 Å². The molecule has 0 aliphatic rings. The molecule has 0 unspecified atom stereocenters. The number of carbonyl (C=O) groups excluding carboxylic acids is 1. The summed E-state index contributed by atoms with van der Waals surface area (Å²) in [4.78, 5) is 24.0. The summed E-state index contributed by atoms with van der Waals surface area (Å²) in [6.45, 7) is 5.12. The van der Waals surface area contributed by atoms with Gasteiger partial charge in [-0.05, 0) is 32.0 Å². The van der Waals surface area contributed by atoms with Crippen molar-refractivity contribution in [1.82, 2.24) is 0 Å². The van der Waals surface area contributed by atoms with Crippen LogP contribution in [0.2, 0.25) is 0 Å². The van der Waals surface area contributed by atoms with Crippen LogP contribution in [0, 0.1) is 0 Å². The molecule has 0 spiro atoms. The van der Waals surface area contributed by atoms with Crippen molar-refractivity contribution in [3.63, 3.8) is 0 Å². The Morgan fingerprint density at radius 1 is 1.00 bits per heavy atom. The Hall–Kier alpha value is -2.90. The van der Waals surface area contributed by atoms with Gasteiger partial charge in [-0.15, -0.1) is 0 Å². The molecule has 0 radical (unpaired) electrons. The molecule has 0 aliphatic heterocycles. The molecule has 27 heavy (non-hydrogen) atoms. The largest absolute Gasteiger partial charge is 0.507 e. The highest BCUT2D eigenvalue weighted by molar-refractivity contribution is 6.15. The third-order valence-corrected chi connectivity index (χ3v) is 3.82. The topological polar surface area (TPSA) is 105 Å². The van der Waals surface area contributed by atoms with Gasteiger partial charge in [0.25, 0.3) is 0 Å². The Labute approximate surface area is 157 Å². The predicted molar refractivity (Wildman–Crippen MR) is 100 cm³/mol. The van der Waals surface area contributed by atoms with Gasteiger partial charge in [-0.1, -0.05) is 18.2 Å². The lowest BCUT2D eigenvalue weighted by Crippen LogP contribution is -2.26. The van der Waals surface area contributed by atoms with E-state index in [1.165, 1.54) is 24.3 Å². The molecule has 0 saturated heterocycles. The molecule has 0 fully saturated rings. The minimum atomic E-state index is -1.20. The molecule has 2 aromatic carbocycles. The molecule has 0 saturated carbocycles. The summed E-state index contributed by atoms with van der Waals surface area (Å²) in [6.07, 6.45) is -0.425. The first-order valence-corrected chi connectivity index (χ1v) is 8.65. The summed E-state index contributed by atoms with van der Waals surface area (Å²) in [6, 6.07) is 10.4. The summed E-state index contributed by atoms with van der Waals surface area (Å²) in [5.74, 6) is -2.00. The van der Waals surface area contributed by atoms with Crippen LogP contribution in [0.5, 0.6) is 5.75 Å². The number of phenolic OH excluding ortho intramolecular Hbond substituents is 1. The maximum atomic E-state index is 12.7. The quantitative estimate of drug-likeness (QED) is 0.434. The number of hydrogen-bond donors (Lipinski definition) is 3. The van der Waals surface area contributed by atoms with Gasteiger partial charge in [-0.2, -0.15) is 0 Å². The predicted octanol–water partition coefficient (Wildman–Crippen LogP) is 3.13. The van der Waals surface area contributed by atoms with Gasteiger partial charge in [-0.25, -0.2) is 4.79 Å². The number of carbonyl (C=O) groups is 2. The Morgan fingerprint density at radius 2 is 1.63 bits per heavy atom. The summed E-state index contributed by atoms with van der Waals surface area (Å²) < 4.78 is 10.9. The van der Waals surface area contributed by atoms with E-state index in [4.69, 9.17) is 9.47 Å². The molecule has 0 aromatic heterocycles. The first-order chi connectivity index (χ1) is 13.0. The van der Waals surface area contributed by atoms with Gasteiger partial charge in [0, 0.05) is 30.5 Å². The van der Waals surface area contributed by atoms with Crippen molar-refractivity contribution in [3.8, 4) is 5.75 Å². The Balaban J connectivity index is 2.17. The second-order valence-electron chi connectivity index (χ2n) is 5.63. The van der Waals surface area contributed by atoms with Crippen LogP contribution < -0.4 is 5.32 Å². The number of phenols is 1. The van der Waals surface area contributed by atoms with Gasteiger partial charge in [0.05, 0.1) is 17.7 Å². The average Bonchev–Trinajstić information content (AvgIpc) is 2.66. The normalized spacial score (nSPS) is 10.8. The van der Waals surface area contributed by atoms with Crippen molar-refractivity contribution < 1.29 is 29.3 Å². The number of benzene rings is 2. The molecule has 0 aliphatic carbocycles. The SMILES string of the molecule is CCOC(CNc1ccc(C(=O)c2ccccc2C(=O)O)c(O)c1)OCC. The van der Waals surface area contributed by atoms with Crippen LogP contribution in [-0.4, -0.2) is 48.0 Å². The number of carboxylic acids is 1. The smallest absolute Gasteiger partial charge is 0.336 e. The van der Waals surface area contributed by atoms with E-state index in [-0.39, 0.29) is 22.4 Å². The highest BCUT2D eigenvalue weighted by Gasteiger charge is 2.20. The molecule has 2 rings (SSSR count). The average molecular weight is 373 g/mol. The molecule has 0 amide bonds. The van der Waals surface area contributed by atoms with Crippen molar-refractivity contribution in [2.45, 2.75) is 20.1 Å². The number of carboxylic acid groups (broad SMARTS) is 1. The van der Waals surface area contributed by atoms with E-state index in [1.54, 1.807) is 18.2 Å². The number of rotatable bonds is 10. The molecule has 144 valence electrons. The standard InChI is InChI=1S/C20H23NO6/c1-3-26-18(27-4-2)12-21-13-9-10-16(17(22)11-13)19(23)14-7-5-6-8-15(14)20(24)25/h5-11,18,21-22H,3-4,12H2,1-2H3,(H,24,25). The minimum absolute atomic E-state index is 0.0220. The molecule has 7 heteroatoms. The fourth-order valence-corrected chi connectivity index (χ4v) is 2.59. The van der Waals surface area contributed by atoms with Crippen LogP contribution >= 0.6 is 0 Å². The maximum absolute atomic E-state index is 12.7. The zero-order valence-electron chi connectivity index (χ0n) is 15.3. The van der Waals surface area contributed by atoms with Gasteiger partial charge >= 0.3 is 5.97 Å². The van der Waals surface area contributed by atoms with Crippen LogP contribution in [0.4, 0.5) is 5.69 Å². The molecule has 3 N–H and O–H groups in total. The van der Waals surface area contributed by atoms with Crippen molar-refractivity contribution in [2.75, 3.05) is 25.1 Å². The first kappa shape index (κ1) is 20.4. The van der Waals surface area contributed by atoms with Crippen LogP contribution in [0.1, 0.15) is 40.1 Å². The van der Waals surface area contributed by atoms with Crippen LogP contribution in [0.3, 0.4) is 0 Å². The monoisotopic (exact) mass is 373 g/mol. The lowest BCUT2D eigenvalue weighted by Gasteiger charge is -2.18. The van der Waals surface area contributed by atoms with E-state index in [1.807, 2.05) is 13.8 Å². The third kappa shape index (κ3) is 5.29. The lowest BCUT2D eigenvalue weighted by atomic mass is 9.97. The van der Waals surface area contributed by atoms with Crippen LogP contribution in [0.15, 0.2) is 42.5 Å². The first-order valence-electron chi connectivity index (χ1n) is 8.65. The number of ketones is 1. The van der Waals surface area contributed by atoms with Crippen molar-refractivity contribution in [1.29, 1.82) is 0 Å². The fourth-order valence-electron chi connectivity index (χ4n) is 2.59.